The molecule has 0 saturated carbocycles. The maximum Gasteiger partial charge on any atom is 0.359 e. The van der Waals surface area contributed by atoms with Gasteiger partial charge >= 0.3 is 15.2 Å². The van der Waals surface area contributed by atoms with Crippen LogP contribution in [0.25, 0.3) is 0 Å². The van der Waals surface area contributed by atoms with Crippen molar-refractivity contribution in [2.24, 2.45) is 5.92 Å². The quantitative estimate of drug-likeness (QED) is 0.699. The Morgan fingerprint density at radius 1 is 1.17 bits per heavy atom. The average Bonchev–Trinajstić information content (AvgIpc) is 2.71. The topological polar surface area (TPSA) is 71.1 Å². The Hall–Kier alpha value is 0.300. The molecule has 0 aromatic carbocycles. The van der Waals surface area contributed by atoms with Gasteiger partial charge in [-0.25, -0.2) is 0 Å². The summed E-state index contributed by atoms with van der Waals surface area (Å²) >= 11 is 0. The summed E-state index contributed by atoms with van der Waals surface area (Å²) in [6, 6.07) is 0. The first kappa shape index (κ1) is 16.4. The van der Waals surface area contributed by atoms with E-state index in [4.69, 9.17) is 18.1 Å². The van der Waals surface area contributed by atoms with Gasteiger partial charge in [0.2, 0.25) is 0 Å². The number of hydrogen-bond donors (Lipinski definition) is 0. The second-order valence-corrected chi connectivity index (χ2v) is 8.81. The third-order valence-electron chi connectivity index (χ3n) is 3.49. The molecular weight excluding hydrogens is 278 g/mol. The van der Waals surface area contributed by atoms with Crippen LogP contribution in [0.15, 0.2) is 0 Å². The van der Waals surface area contributed by atoms with Crippen molar-refractivity contribution >= 4 is 15.2 Å². The predicted molar refractivity (Wildman–Crippen MR) is 69.0 cm³/mol. The highest BCUT2D eigenvalue weighted by Crippen LogP contribution is 2.72. The highest BCUT2D eigenvalue weighted by molar-refractivity contribution is 7.58. The van der Waals surface area contributed by atoms with Crippen LogP contribution < -0.4 is 0 Å². The van der Waals surface area contributed by atoms with E-state index >= 15 is 0 Å². The van der Waals surface area contributed by atoms with Crippen molar-refractivity contribution in [3.63, 3.8) is 0 Å². The van der Waals surface area contributed by atoms with E-state index < -0.39 is 21.0 Å². The van der Waals surface area contributed by atoms with Crippen molar-refractivity contribution in [2.45, 2.75) is 38.2 Å². The van der Waals surface area contributed by atoms with Crippen molar-refractivity contribution in [1.82, 2.24) is 0 Å². The van der Waals surface area contributed by atoms with Crippen molar-refractivity contribution < 1.29 is 27.2 Å². The summed E-state index contributed by atoms with van der Waals surface area (Å²) in [6.07, 6.45) is 1.31. The Labute approximate surface area is 108 Å². The Morgan fingerprint density at radius 3 is 2.06 bits per heavy atom. The molecule has 0 N–H and O–H groups in total. The second kappa shape index (κ2) is 6.17. The SMILES string of the molecule is CCC1C(CC)P(=O)(OC)OC1P(=O)(OC)OC. The van der Waals surface area contributed by atoms with E-state index in [-0.39, 0.29) is 11.6 Å². The molecule has 0 aromatic heterocycles. The fraction of sp³-hybridized carbons (Fsp3) is 1.00. The molecule has 1 aliphatic heterocycles. The van der Waals surface area contributed by atoms with Crippen LogP contribution in [0.4, 0.5) is 0 Å². The summed E-state index contributed by atoms with van der Waals surface area (Å²) in [5.74, 6) is -0.986. The fourth-order valence-corrected chi connectivity index (χ4v) is 7.18. The first-order valence-corrected chi connectivity index (χ1v) is 9.19. The van der Waals surface area contributed by atoms with E-state index in [1.165, 1.54) is 21.3 Å². The maximum absolute atomic E-state index is 12.5. The Balaban J connectivity index is 3.16. The molecular formula is C10H22O6P2. The minimum atomic E-state index is -3.42. The van der Waals surface area contributed by atoms with Crippen LogP contribution in [-0.4, -0.2) is 32.8 Å². The van der Waals surface area contributed by atoms with E-state index in [2.05, 4.69) is 0 Å². The molecule has 0 aromatic rings. The molecule has 1 fully saturated rings. The summed E-state index contributed by atoms with van der Waals surface area (Å²) < 4.78 is 45.4. The number of hydrogen-bond acceptors (Lipinski definition) is 6. The first-order valence-electron chi connectivity index (χ1n) is 5.97. The smallest absolute Gasteiger partial charge is 0.312 e. The van der Waals surface area contributed by atoms with Gasteiger partial charge in [0.25, 0.3) is 0 Å². The largest absolute Gasteiger partial charge is 0.359 e. The van der Waals surface area contributed by atoms with Gasteiger partial charge in [0.1, 0.15) is 0 Å². The third-order valence-corrected chi connectivity index (χ3v) is 8.37. The van der Waals surface area contributed by atoms with Crippen LogP contribution in [0.3, 0.4) is 0 Å². The monoisotopic (exact) mass is 300 g/mol. The van der Waals surface area contributed by atoms with Crippen LogP contribution in [0.2, 0.25) is 0 Å². The van der Waals surface area contributed by atoms with Crippen LogP contribution in [0.5, 0.6) is 0 Å². The highest BCUT2D eigenvalue weighted by Gasteiger charge is 2.58. The fourth-order valence-electron chi connectivity index (χ4n) is 2.48. The van der Waals surface area contributed by atoms with Crippen LogP contribution in [0, 0.1) is 5.92 Å². The Kier molecular flexibility index (Phi) is 5.60. The lowest BCUT2D eigenvalue weighted by Gasteiger charge is -2.24. The molecule has 6 nitrogen and oxygen atoms in total. The van der Waals surface area contributed by atoms with Gasteiger partial charge in [-0.3, -0.25) is 13.7 Å². The standard InChI is InChI=1S/C10H22O6P2/c1-6-8-9(7-2)17(11,13-3)16-10(8)18(12,14-4)15-5/h8-10H,6-7H2,1-5H3. The van der Waals surface area contributed by atoms with Gasteiger partial charge in [-0.1, -0.05) is 13.8 Å². The molecule has 0 aliphatic carbocycles. The normalized spacial score (nSPS) is 37.1. The summed E-state index contributed by atoms with van der Waals surface area (Å²) in [5.41, 5.74) is -0.267. The lowest BCUT2D eigenvalue weighted by atomic mass is 10.0. The molecule has 108 valence electrons. The zero-order valence-electron chi connectivity index (χ0n) is 11.5. The first-order chi connectivity index (χ1) is 8.42. The van der Waals surface area contributed by atoms with Crippen LogP contribution in [-0.2, 0) is 27.2 Å². The second-order valence-electron chi connectivity index (χ2n) is 4.17. The van der Waals surface area contributed by atoms with E-state index in [9.17, 15) is 9.13 Å². The summed E-state index contributed by atoms with van der Waals surface area (Å²) in [5, 5.41) is 0. The van der Waals surface area contributed by atoms with Crippen LogP contribution >= 0.6 is 15.2 Å². The van der Waals surface area contributed by atoms with Gasteiger partial charge in [0.05, 0.1) is 5.66 Å². The van der Waals surface area contributed by atoms with Gasteiger partial charge in [0, 0.05) is 27.2 Å². The van der Waals surface area contributed by atoms with Gasteiger partial charge in [-0.15, -0.1) is 0 Å². The Morgan fingerprint density at radius 2 is 1.72 bits per heavy atom. The van der Waals surface area contributed by atoms with Crippen molar-refractivity contribution in [3.05, 3.63) is 0 Å². The van der Waals surface area contributed by atoms with Crippen LogP contribution in [0.1, 0.15) is 26.7 Å². The molecule has 1 aliphatic rings. The molecule has 0 amide bonds. The molecule has 1 saturated heterocycles. The molecule has 4 unspecified atom stereocenters. The Bertz CT molecular complexity index is 353. The van der Waals surface area contributed by atoms with Crippen molar-refractivity contribution in [1.29, 1.82) is 0 Å². The van der Waals surface area contributed by atoms with Gasteiger partial charge in [-0.2, -0.15) is 0 Å². The van der Waals surface area contributed by atoms with E-state index in [0.29, 0.717) is 12.8 Å². The molecule has 0 radical (unpaired) electrons. The zero-order valence-corrected chi connectivity index (χ0v) is 13.3. The molecule has 8 heteroatoms. The van der Waals surface area contributed by atoms with E-state index in [1.807, 2.05) is 13.8 Å². The summed E-state index contributed by atoms with van der Waals surface area (Å²) in [4.78, 5) is 0. The van der Waals surface area contributed by atoms with Gasteiger partial charge in [-0.05, 0) is 12.8 Å². The maximum atomic E-state index is 12.5. The summed E-state index contributed by atoms with van der Waals surface area (Å²) in [7, 11) is -2.71. The molecule has 0 bridgehead atoms. The van der Waals surface area contributed by atoms with E-state index in [1.54, 1.807) is 0 Å². The van der Waals surface area contributed by atoms with Gasteiger partial charge < -0.3 is 13.6 Å². The molecule has 0 spiro atoms. The average molecular weight is 300 g/mol. The molecule has 1 heterocycles. The highest BCUT2D eigenvalue weighted by atomic mass is 31.2. The summed E-state index contributed by atoms with van der Waals surface area (Å²) in [6.45, 7) is 3.85. The van der Waals surface area contributed by atoms with Crippen molar-refractivity contribution in [3.8, 4) is 0 Å². The molecule has 1 rings (SSSR count). The van der Waals surface area contributed by atoms with E-state index in [0.717, 1.165) is 0 Å². The predicted octanol–water partition coefficient (Wildman–Crippen LogP) is 3.47. The number of rotatable bonds is 6. The molecule has 4 atom stereocenters. The molecule has 18 heavy (non-hydrogen) atoms. The lowest BCUT2D eigenvalue weighted by Crippen LogP contribution is -2.23. The minimum Gasteiger partial charge on any atom is -0.312 e. The lowest BCUT2D eigenvalue weighted by molar-refractivity contribution is 0.161. The minimum absolute atomic E-state index is 0.161. The third kappa shape index (κ3) is 2.60. The van der Waals surface area contributed by atoms with Gasteiger partial charge in [0.15, 0.2) is 5.85 Å². The van der Waals surface area contributed by atoms with Crippen molar-refractivity contribution in [2.75, 3.05) is 21.3 Å². The zero-order chi connectivity index (χ0) is 14.0.